The minimum atomic E-state index is -3.85. The summed E-state index contributed by atoms with van der Waals surface area (Å²) in [5, 5.41) is 8.16. The van der Waals surface area contributed by atoms with Crippen LogP contribution in [0.5, 0.6) is 0 Å². The SMILES string of the molecule is CCNC(C)C(C)c1ccc(S(N)(=O)=O)cc1F. The van der Waals surface area contributed by atoms with Crippen molar-refractivity contribution >= 4 is 10.0 Å². The molecule has 1 aromatic carbocycles. The Hall–Kier alpha value is -0.980. The Morgan fingerprint density at radius 2 is 2.00 bits per heavy atom. The Kier molecular flexibility index (Phi) is 4.84. The van der Waals surface area contributed by atoms with E-state index in [-0.39, 0.29) is 16.9 Å². The smallest absolute Gasteiger partial charge is 0.238 e. The zero-order valence-electron chi connectivity index (χ0n) is 10.8. The van der Waals surface area contributed by atoms with Crippen LogP contribution in [-0.2, 0) is 10.0 Å². The summed E-state index contributed by atoms with van der Waals surface area (Å²) in [7, 11) is -3.85. The lowest BCUT2D eigenvalue weighted by molar-refractivity contribution is 0.475. The molecule has 18 heavy (non-hydrogen) atoms. The molecule has 0 saturated carbocycles. The average Bonchev–Trinajstić information content (AvgIpc) is 2.27. The molecule has 2 unspecified atom stereocenters. The number of rotatable bonds is 5. The van der Waals surface area contributed by atoms with Gasteiger partial charge in [-0.1, -0.05) is 19.9 Å². The van der Waals surface area contributed by atoms with Gasteiger partial charge in [-0.3, -0.25) is 0 Å². The first kappa shape index (κ1) is 15.1. The van der Waals surface area contributed by atoms with E-state index in [4.69, 9.17) is 5.14 Å². The van der Waals surface area contributed by atoms with E-state index in [0.29, 0.717) is 5.56 Å². The van der Waals surface area contributed by atoms with E-state index in [1.807, 2.05) is 20.8 Å². The Bertz CT molecular complexity index is 517. The number of hydrogen-bond donors (Lipinski definition) is 2. The van der Waals surface area contributed by atoms with Crippen molar-refractivity contribution in [1.82, 2.24) is 5.32 Å². The topological polar surface area (TPSA) is 72.2 Å². The summed E-state index contributed by atoms with van der Waals surface area (Å²) in [5.74, 6) is -0.599. The van der Waals surface area contributed by atoms with E-state index in [1.165, 1.54) is 12.1 Å². The first-order valence-electron chi connectivity index (χ1n) is 5.83. The molecule has 0 spiro atoms. The van der Waals surface area contributed by atoms with Crippen LogP contribution in [0.1, 0.15) is 32.3 Å². The largest absolute Gasteiger partial charge is 0.314 e. The molecule has 0 saturated heterocycles. The maximum absolute atomic E-state index is 13.9. The van der Waals surface area contributed by atoms with Crippen molar-refractivity contribution < 1.29 is 12.8 Å². The summed E-state index contributed by atoms with van der Waals surface area (Å²) in [4.78, 5) is -0.202. The van der Waals surface area contributed by atoms with Gasteiger partial charge in [0.05, 0.1) is 4.90 Å². The fraction of sp³-hybridized carbons (Fsp3) is 0.500. The number of nitrogens with one attached hydrogen (secondary N) is 1. The van der Waals surface area contributed by atoms with Gasteiger partial charge in [0.2, 0.25) is 10.0 Å². The fourth-order valence-corrected chi connectivity index (χ4v) is 2.35. The molecule has 0 aliphatic carbocycles. The first-order valence-corrected chi connectivity index (χ1v) is 7.37. The molecule has 4 nitrogen and oxygen atoms in total. The molecular formula is C12H19FN2O2S. The van der Waals surface area contributed by atoms with Crippen LogP contribution in [0.25, 0.3) is 0 Å². The minimum absolute atomic E-state index is 0.0560. The van der Waals surface area contributed by atoms with Crippen molar-refractivity contribution in [3.63, 3.8) is 0 Å². The van der Waals surface area contributed by atoms with Crippen molar-refractivity contribution in [2.75, 3.05) is 6.54 Å². The van der Waals surface area contributed by atoms with Crippen molar-refractivity contribution in [1.29, 1.82) is 0 Å². The van der Waals surface area contributed by atoms with E-state index in [1.54, 1.807) is 0 Å². The van der Waals surface area contributed by atoms with Gasteiger partial charge in [0.1, 0.15) is 5.82 Å². The lowest BCUT2D eigenvalue weighted by Gasteiger charge is -2.21. The number of halogens is 1. The minimum Gasteiger partial charge on any atom is -0.314 e. The lowest BCUT2D eigenvalue weighted by atomic mass is 9.94. The molecule has 0 aromatic heterocycles. The monoisotopic (exact) mass is 274 g/mol. The van der Waals surface area contributed by atoms with Gasteiger partial charge < -0.3 is 5.32 Å². The van der Waals surface area contributed by atoms with Gasteiger partial charge in [0, 0.05) is 6.04 Å². The van der Waals surface area contributed by atoms with Crippen LogP contribution in [0, 0.1) is 5.82 Å². The Balaban J connectivity index is 3.06. The fourth-order valence-electron chi connectivity index (χ4n) is 1.82. The molecular weight excluding hydrogens is 255 g/mol. The molecule has 0 amide bonds. The molecule has 0 radical (unpaired) electrons. The van der Waals surface area contributed by atoms with Crippen LogP contribution >= 0.6 is 0 Å². The summed E-state index contributed by atoms with van der Waals surface area (Å²) < 4.78 is 36.1. The second kappa shape index (κ2) is 5.77. The normalized spacial score (nSPS) is 15.4. The maximum Gasteiger partial charge on any atom is 0.238 e. The standard InChI is InChI=1S/C12H19FN2O2S/c1-4-15-9(3)8(2)11-6-5-10(7-12(11)13)18(14,16)17/h5-9,15H,4H2,1-3H3,(H2,14,16,17). The summed E-state index contributed by atoms with van der Waals surface area (Å²) in [6.07, 6.45) is 0. The molecule has 0 heterocycles. The average molecular weight is 274 g/mol. The highest BCUT2D eigenvalue weighted by Gasteiger charge is 2.19. The van der Waals surface area contributed by atoms with Crippen molar-refractivity contribution in [2.24, 2.45) is 5.14 Å². The molecule has 0 bridgehead atoms. The van der Waals surface area contributed by atoms with E-state index < -0.39 is 15.8 Å². The molecule has 102 valence electrons. The van der Waals surface area contributed by atoms with Crippen LogP contribution in [0.2, 0.25) is 0 Å². The Morgan fingerprint density at radius 1 is 1.39 bits per heavy atom. The van der Waals surface area contributed by atoms with Crippen LogP contribution in [0.15, 0.2) is 23.1 Å². The zero-order chi connectivity index (χ0) is 13.9. The highest BCUT2D eigenvalue weighted by atomic mass is 32.2. The van der Waals surface area contributed by atoms with Crippen LogP contribution in [-0.4, -0.2) is 21.0 Å². The van der Waals surface area contributed by atoms with Gasteiger partial charge in [-0.15, -0.1) is 0 Å². The van der Waals surface area contributed by atoms with Gasteiger partial charge in [0.25, 0.3) is 0 Å². The van der Waals surface area contributed by atoms with Gasteiger partial charge >= 0.3 is 0 Å². The quantitative estimate of drug-likeness (QED) is 0.856. The predicted molar refractivity (Wildman–Crippen MR) is 69.3 cm³/mol. The zero-order valence-corrected chi connectivity index (χ0v) is 11.6. The predicted octanol–water partition coefficient (Wildman–Crippen LogP) is 1.57. The third kappa shape index (κ3) is 3.51. The molecule has 0 aliphatic heterocycles. The van der Waals surface area contributed by atoms with Crippen molar-refractivity contribution in [2.45, 2.75) is 37.6 Å². The van der Waals surface area contributed by atoms with Crippen LogP contribution in [0.4, 0.5) is 4.39 Å². The van der Waals surface area contributed by atoms with Gasteiger partial charge in [-0.05, 0) is 37.1 Å². The number of hydrogen-bond acceptors (Lipinski definition) is 3. The molecule has 3 N–H and O–H groups in total. The summed E-state index contributed by atoms with van der Waals surface area (Å²) in [5.41, 5.74) is 0.482. The molecule has 6 heteroatoms. The highest BCUT2D eigenvalue weighted by molar-refractivity contribution is 7.89. The summed E-state index contributed by atoms with van der Waals surface area (Å²) >= 11 is 0. The molecule has 1 rings (SSSR count). The second-order valence-corrected chi connectivity index (χ2v) is 5.92. The maximum atomic E-state index is 13.9. The van der Waals surface area contributed by atoms with Crippen molar-refractivity contribution in [3.05, 3.63) is 29.6 Å². The van der Waals surface area contributed by atoms with E-state index in [9.17, 15) is 12.8 Å². The molecule has 0 aliphatic rings. The highest BCUT2D eigenvalue weighted by Crippen LogP contribution is 2.24. The number of primary sulfonamides is 1. The number of benzene rings is 1. The number of nitrogens with two attached hydrogens (primary N) is 1. The van der Waals surface area contributed by atoms with E-state index >= 15 is 0 Å². The van der Waals surface area contributed by atoms with E-state index in [2.05, 4.69) is 5.32 Å². The van der Waals surface area contributed by atoms with E-state index in [0.717, 1.165) is 12.6 Å². The van der Waals surface area contributed by atoms with Gasteiger partial charge in [-0.2, -0.15) is 0 Å². The van der Waals surface area contributed by atoms with Crippen molar-refractivity contribution in [3.8, 4) is 0 Å². The Labute approximate surface area is 107 Å². The third-order valence-corrected chi connectivity index (χ3v) is 3.98. The number of sulfonamides is 1. The van der Waals surface area contributed by atoms with Gasteiger partial charge in [-0.25, -0.2) is 17.9 Å². The van der Waals surface area contributed by atoms with Crippen LogP contribution in [0.3, 0.4) is 0 Å². The summed E-state index contributed by atoms with van der Waals surface area (Å²) in [6, 6.07) is 3.89. The third-order valence-electron chi connectivity index (χ3n) is 3.07. The molecule has 2 atom stereocenters. The number of likely N-dealkylation sites (N-methyl/N-ethyl adjacent to an activating group) is 1. The Morgan fingerprint density at radius 3 is 2.44 bits per heavy atom. The molecule has 1 aromatic rings. The first-order chi connectivity index (χ1) is 8.27. The lowest BCUT2D eigenvalue weighted by Crippen LogP contribution is -2.31. The second-order valence-electron chi connectivity index (χ2n) is 4.36. The molecule has 0 fully saturated rings. The van der Waals surface area contributed by atoms with Gasteiger partial charge in [0.15, 0.2) is 0 Å². The summed E-state index contributed by atoms with van der Waals surface area (Å²) in [6.45, 7) is 6.62. The van der Waals surface area contributed by atoms with Crippen LogP contribution < -0.4 is 10.5 Å².